The third-order valence-corrected chi connectivity index (χ3v) is 4.34. The van der Waals surface area contributed by atoms with E-state index in [4.69, 9.17) is 4.42 Å². The number of nitrogens with one attached hydrogen (secondary N) is 2. The van der Waals surface area contributed by atoms with Crippen LogP contribution in [0.15, 0.2) is 21.5 Å². The quantitative estimate of drug-likeness (QED) is 0.352. The molecule has 2 heterocycles. The number of likely N-dealkylation sites (N-methyl/N-ethyl adjacent to an activating group) is 1. The van der Waals surface area contributed by atoms with Crippen molar-refractivity contribution in [3.63, 3.8) is 0 Å². The Labute approximate surface area is 162 Å². The third-order valence-electron chi connectivity index (χ3n) is 4.34. The largest absolute Gasteiger partial charge is 0.463 e. The Kier molecular flexibility index (Phi) is 8.52. The van der Waals surface area contributed by atoms with E-state index >= 15 is 0 Å². The highest BCUT2D eigenvalue weighted by Gasteiger charge is 2.27. The van der Waals surface area contributed by atoms with Gasteiger partial charge in [-0.25, -0.2) is 4.99 Å². The van der Waals surface area contributed by atoms with E-state index in [2.05, 4.69) is 27.6 Å². The lowest BCUT2D eigenvalue weighted by Gasteiger charge is -2.22. The first-order valence-corrected chi connectivity index (χ1v) is 8.44. The molecule has 2 unspecified atom stereocenters. The van der Waals surface area contributed by atoms with Crippen LogP contribution >= 0.6 is 24.0 Å². The highest BCUT2D eigenvalue weighted by molar-refractivity contribution is 14.0. The lowest BCUT2D eigenvalue weighted by atomic mass is 10.0. The number of nitrogens with zero attached hydrogens (tertiary/aromatic N) is 2. The summed E-state index contributed by atoms with van der Waals surface area (Å²) in [5, 5.41) is 17.2. The van der Waals surface area contributed by atoms with E-state index in [9.17, 15) is 5.11 Å². The number of aryl methyl sites for hydroxylation is 1. The van der Waals surface area contributed by atoms with Gasteiger partial charge in [0, 0.05) is 19.1 Å². The Morgan fingerprint density at radius 3 is 2.75 bits per heavy atom. The molecule has 2 atom stereocenters. The molecule has 24 heavy (non-hydrogen) atoms. The minimum absolute atomic E-state index is 0. The summed E-state index contributed by atoms with van der Waals surface area (Å²) in [7, 11) is 2.16. The normalized spacial score (nSPS) is 21.2. The Hall–Kier alpha value is -0.800. The number of furan rings is 1. The molecule has 1 aliphatic rings. The third kappa shape index (κ3) is 5.93. The zero-order valence-corrected chi connectivity index (χ0v) is 17.5. The van der Waals surface area contributed by atoms with Gasteiger partial charge in [0.2, 0.25) is 0 Å². The number of hydrogen-bond acceptors (Lipinski definition) is 4. The van der Waals surface area contributed by atoms with Gasteiger partial charge in [-0.3, -0.25) is 0 Å². The van der Waals surface area contributed by atoms with E-state index in [0.29, 0.717) is 11.8 Å². The van der Waals surface area contributed by atoms with E-state index in [0.717, 1.165) is 31.4 Å². The molecule has 3 N–H and O–H groups in total. The van der Waals surface area contributed by atoms with E-state index in [1.54, 1.807) is 13.0 Å². The van der Waals surface area contributed by atoms with Gasteiger partial charge in [-0.15, -0.1) is 24.0 Å². The van der Waals surface area contributed by atoms with Gasteiger partial charge in [-0.1, -0.05) is 0 Å². The van der Waals surface area contributed by atoms with Crippen molar-refractivity contribution in [2.45, 2.75) is 45.3 Å². The summed E-state index contributed by atoms with van der Waals surface area (Å²) in [5.41, 5.74) is -1.11. The van der Waals surface area contributed by atoms with Crippen LogP contribution in [-0.4, -0.2) is 55.2 Å². The van der Waals surface area contributed by atoms with Crippen LogP contribution in [0.2, 0.25) is 0 Å². The topological polar surface area (TPSA) is 73.0 Å². The maximum Gasteiger partial charge on any atom is 0.191 e. The Morgan fingerprint density at radius 2 is 2.21 bits per heavy atom. The highest BCUT2D eigenvalue weighted by Crippen LogP contribution is 2.23. The Morgan fingerprint density at radius 1 is 1.46 bits per heavy atom. The molecule has 138 valence electrons. The average molecular weight is 450 g/mol. The van der Waals surface area contributed by atoms with Gasteiger partial charge < -0.3 is 25.1 Å². The molecule has 6 nitrogen and oxygen atoms in total. The van der Waals surface area contributed by atoms with Gasteiger partial charge in [0.05, 0.1) is 6.54 Å². The van der Waals surface area contributed by atoms with Crippen LogP contribution in [0.3, 0.4) is 0 Å². The van der Waals surface area contributed by atoms with Crippen LogP contribution in [0, 0.1) is 6.92 Å². The second kappa shape index (κ2) is 9.62. The molecule has 1 aliphatic heterocycles. The van der Waals surface area contributed by atoms with Crippen molar-refractivity contribution in [2.75, 3.05) is 33.2 Å². The Balaban J connectivity index is 0.00000288. The van der Waals surface area contributed by atoms with Gasteiger partial charge in [0.1, 0.15) is 17.1 Å². The number of halogens is 1. The lowest BCUT2D eigenvalue weighted by Crippen LogP contribution is -2.44. The molecule has 1 saturated heterocycles. The fraction of sp³-hybridized carbons (Fsp3) is 0.706. The summed E-state index contributed by atoms with van der Waals surface area (Å²) < 4.78 is 5.53. The molecule has 0 amide bonds. The van der Waals surface area contributed by atoms with Gasteiger partial charge in [-0.2, -0.15) is 0 Å². The predicted octanol–water partition coefficient (Wildman–Crippen LogP) is 2.06. The van der Waals surface area contributed by atoms with Crippen LogP contribution in [0.4, 0.5) is 0 Å². The Bertz CT molecular complexity index is 530. The molecule has 1 aromatic rings. The van der Waals surface area contributed by atoms with Crippen LogP contribution in [-0.2, 0) is 5.60 Å². The summed E-state index contributed by atoms with van der Waals surface area (Å²) in [4.78, 5) is 6.90. The fourth-order valence-corrected chi connectivity index (χ4v) is 2.83. The number of rotatable bonds is 6. The average Bonchev–Trinajstić information content (AvgIpc) is 3.11. The van der Waals surface area contributed by atoms with Crippen molar-refractivity contribution < 1.29 is 9.52 Å². The van der Waals surface area contributed by atoms with Crippen molar-refractivity contribution >= 4 is 29.9 Å². The molecule has 1 fully saturated rings. The monoisotopic (exact) mass is 450 g/mol. The minimum atomic E-state index is -1.11. The standard InChI is InChI=1S/C17H30N4O2.HI/c1-5-18-16(19-11-14-7-6-10-21(14)4)20-12-17(3,22)15-9-8-13(2)23-15;/h8-9,14,22H,5-7,10-12H2,1-4H3,(H2,18,19,20);1H. The fourth-order valence-electron chi connectivity index (χ4n) is 2.83. The second-order valence-electron chi connectivity index (χ2n) is 6.54. The molecule has 0 aromatic carbocycles. The number of guanidine groups is 1. The zero-order valence-electron chi connectivity index (χ0n) is 15.1. The van der Waals surface area contributed by atoms with E-state index < -0.39 is 5.60 Å². The van der Waals surface area contributed by atoms with Crippen molar-refractivity contribution in [3.05, 3.63) is 23.7 Å². The number of hydrogen-bond donors (Lipinski definition) is 3. The van der Waals surface area contributed by atoms with Gasteiger partial charge in [0.15, 0.2) is 5.96 Å². The second-order valence-corrected chi connectivity index (χ2v) is 6.54. The first-order valence-electron chi connectivity index (χ1n) is 8.44. The molecular weight excluding hydrogens is 419 g/mol. The van der Waals surface area contributed by atoms with Crippen molar-refractivity contribution in [1.29, 1.82) is 0 Å². The first kappa shape index (κ1) is 21.2. The maximum absolute atomic E-state index is 10.6. The summed E-state index contributed by atoms with van der Waals surface area (Å²) in [6, 6.07) is 4.21. The molecule has 0 aliphatic carbocycles. The number of aliphatic hydroxyl groups is 1. The summed E-state index contributed by atoms with van der Waals surface area (Å²) in [5.74, 6) is 2.07. The first-order chi connectivity index (χ1) is 10.9. The van der Waals surface area contributed by atoms with Crippen LogP contribution in [0.1, 0.15) is 38.2 Å². The van der Waals surface area contributed by atoms with Gasteiger partial charge >= 0.3 is 0 Å². The zero-order chi connectivity index (χ0) is 16.9. The minimum Gasteiger partial charge on any atom is -0.463 e. The molecule has 0 bridgehead atoms. The summed E-state index contributed by atoms with van der Waals surface area (Å²) in [6.07, 6.45) is 2.47. The van der Waals surface area contributed by atoms with E-state index in [1.165, 1.54) is 12.8 Å². The van der Waals surface area contributed by atoms with Crippen LogP contribution < -0.4 is 10.6 Å². The van der Waals surface area contributed by atoms with Crippen molar-refractivity contribution in [3.8, 4) is 0 Å². The molecule has 1 aromatic heterocycles. The number of aliphatic imine (C=N–C) groups is 1. The molecule has 0 spiro atoms. The number of likely N-dealkylation sites (tertiary alicyclic amines) is 1. The van der Waals surface area contributed by atoms with Crippen molar-refractivity contribution in [1.82, 2.24) is 15.5 Å². The van der Waals surface area contributed by atoms with E-state index in [-0.39, 0.29) is 30.5 Å². The summed E-state index contributed by atoms with van der Waals surface area (Å²) >= 11 is 0. The molecule has 0 radical (unpaired) electrons. The molecule has 7 heteroatoms. The molecule has 2 rings (SSSR count). The highest BCUT2D eigenvalue weighted by atomic mass is 127. The summed E-state index contributed by atoms with van der Waals surface area (Å²) in [6.45, 7) is 8.68. The maximum atomic E-state index is 10.6. The predicted molar refractivity (Wildman–Crippen MR) is 108 cm³/mol. The smallest absolute Gasteiger partial charge is 0.191 e. The molecular formula is C17H31IN4O2. The van der Waals surface area contributed by atoms with E-state index in [1.807, 2.05) is 19.9 Å². The van der Waals surface area contributed by atoms with Crippen LogP contribution in [0.25, 0.3) is 0 Å². The molecule has 0 saturated carbocycles. The van der Waals surface area contributed by atoms with Gasteiger partial charge in [-0.05, 0) is 59.3 Å². The van der Waals surface area contributed by atoms with Crippen molar-refractivity contribution in [2.24, 2.45) is 4.99 Å². The SMILES string of the molecule is CCNC(=NCC(C)(O)c1ccc(C)o1)NCC1CCCN1C.I. The van der Waals surface area contributed by atoms with Crippen LogP contribution in [0.5, 0.6) is 0 Å². The lowest BCUT2D eigenvalue weighted by molar-refractivity contribution is 0.0428. The van der Waals surface area contributed by atoms with Gasteiger partial charge in [0.25, 0.3) is 0 Å².